The molecule has 27 heavy (non-hydrogen) atoms. The van der Waals surface area contributed by atoms with Crippen LogP contribution in [0.1, 0.15) is 22.3 Å². The Morgan fingerprint density at radius 2 is 1.93 bits per heavy atom. The van der Waals surface area contributed by atoms with E-state index in [2.05, 4.69) is 9.97 Å². The first kappa shape index (κ1) is 17.7. The molecule has 1 aliphatic heterocycles. The number of halogens is 2. The van der Waals surface area contributed by atoms with Crippen LogP contribution < -0.4 is 0 Å². The second-order valence-corrected chi connectivity index (χ2v) is 6.34. The lowest BCUT2D eigenvalue weighted by Crippen LogP contribution is -2.36. The second-order valence-electron chi connectivity index (χ2n) is 6.34. The summed E-state index contributed by atoms with van der Waals surface area (Å²) in [5, 5.41) is 21.4. The number of ketones is 1. The summed E-state index contributed by atoms with van der Waals surface area (Å²) in [5.74, 6) is -3.04. The third-order valence-corrected chi connectivity index (χ3v) is 4.68. The van der Waals surface area contributed by atoms with Crippen molar-refractivity contribution < 1.29 is 28.5 Å². The SMILES string of the molecule is Cc1ncnc2c1ccn2[C@@H]1O[C@H](C(=O)c2ccc(F)c(F)c2)[C@@H](O)[C@H]1O. The van der Waals surface area contributed by atoms with Crippen LogP contribution in [0.4, 0.5) is 8.78 Å². The zero-order chi connectivity index (χ0) is 19.3. The minimum absolute atomic E-state index is 0.165. The van der Waals surface area contributed by atoms with Gasteiger partial charge in [-0.25, -0.2) is 18.7 Å². The largest absolute Gasteiger partial charge is 0.387 e. The number of Topliss-reactive ketones (excluding diaryl/α,β-unsaturated/α-hetero) is 1. The highest BCUT2D eigenvalue weighted by atomic mass is 19.2. The summed E-state index contributed by atoms with van der Waals surface area (Å²) in [6.07, 6.45) is -2.51. The molecule has 2 N–H and O–H groups in total. The number of carbonyl (C=O) groups is 1. The van der Waals surface area contributed by atoms with Crippen LogP contribution in [0.15, 0.2) is 36.8 Å². The average Bonchev–Trinajstić information content (AvgIpc) is 3.20. The van der Waals surface area contributed by atoms with Gasteiger partial charge in [-0.1, -0.05) is 0 Å². The van der Waals surface area contributed by atoms with Crippen molar-refractivity contribution in [3.05, 3.63) is 59.7 Å². The minimum Gasteiger partial charge on any atom is -0.387 e. The Hall–Kier alpha value is -2.75. The van der Waals surface area contributed by atoms with Crippen molar-refractivity contribution in [2.75, 3.05) is 0 Å². The number of fused-ring (bicyclic) bond motifs is 1. The number of ether oxygens (including phenoxy) is 1. The molecule has 9 heteroatoms. The number of aromatic nitrogens is 3. The normalized spacial score (nSPS) is 25.2. The topological polar surface area (TPSA) is 97.5 Å². The Morgan fingerprint density at radius 1 is 1.15 bits per heavy atom. The maximum absolute atomic E-state index is 13.4. The van der Waals surface area contributed by atoms with Gasteiger partial charge >= 0.3 is 0 Å². The number of aliphatic hydroxyl groups is 2. The van der Waals surface area contributed by atoms with Gasteiger partial charge in [0.15, 0.2) is 29.7 Å². The van der Waals surface area contributed by atoms with Gasteiger partial charge in [-0.2, -0.15) is 0 Å². The summed E-state index contributed by atoms with van der Waals surface area (Å²) < 4.78 is 33.6. The van der Waals surface area contributed by atoms with Crippen molar-refractivity contribution >= 4 is 16.8 Å². The monoisotopic (exact) mass is 375 g/mol. The van der Waals surface area contributed by atoms with Gasteiger partial charge in [0.25, 0.3) is 0 Å². The summed E-state index contributed by atoms with van der Waals surface area (Å²) in [4.78, 5) is 20.8. The molecule has 1 saturated heterocycles. The highest BCUT2D eigenvalue weighted by molar-refractivity contribution is 6.00. The van der Waals surface area contributed by atoms with Gasteiger partial charge in [0.05, 0.1) is 5.69 Å². The third-order valence-electron chi connectivity index (χ3n) is 4.68. The van der Waals surface area contributed by atoms with Crippen molar-refractivity contribution in [1.29, 1.82) is 0 Å². The van der Waals surface area contributed by atoms with Crippen LogP contribution in [-0.4, -0.2) is 48.8 Å². The van der Waals surface area contributed by atoms with Crippen LogP contribution in [0, 0.1) is 18.6 Å². The smallest absolute Gasteiger partial charge is 0.194 e. The fraction of sp³-hybridized carbons (Fsp3) is 0.278. The number of rotatable bonds is 3. The zero-order valence-corrected chi connectivity index (χ0v) is 14.1. The van der Waals surface area contributed by atoms with Crippen LogP contribution in [0.5, 0.6) is 0 Å². The lowest BCUT2D eigenvalue weighted by Gasteiger charge is -2.17. The number of benzene rings is 1. The van der Waals surface area contributed by atoms with E-state index in [1.165, 1.54) is 10.9 Å². The van der Waals surface area contributed by atoms with Crippen molar-refractivity contribution in [2.24, 2.45) is 0 Å². The van der Waals surface area contributed by atoms with Gasteiger partial charge in [0, 0.05) is 17.1 Å². The summed E-state index contributed by atoms with van der Waals surface area (Å²) in [6, 6.07) is 4.38. The van der Waals surface area contributed by atoms with E-state index in [0.29, 0.717) is 5.65 Å². The van der Waals surface area contributed by atoms with Crippen LogP contribution in [0.25, 0.3) is 11.0 Å². The molecule has 2 aromatic heterocycles. The lowest BCUT2D eigenvalue weighted by atomic mass is 10.0. The van der Waals surface area contributed by atoms with Gasteiger partial charge in [-0.15, -0.1) is 0 Å². The summed E-state index contributed by atoms with van der Waals surface area (Å²) in [5.41, 5.74) is 1.03. The van der Waals surface area contributed by atoms with Crippen molar-refractivity contribution in [2.45, 2.75) is 31.5 Å². The fourth-order valence-electron chi connectivity index (χ4n) is 3.22. The molecule has 7 nitrogen and oxygen atoms in total. The quantitative estimate of drug-likeness (QED) is 0.674. The number of aryl methyl sites for hydroxylation is 1. The summed E-state index contributed by atoms with van der Waals surface area (Å²) in [6.45, 7) is 1.80. The van der Waals surface area contributed by atoms with Gasteiger partial charge in [-0.05, 0) is 31.2 Å². The van der Waals surface area contributed by atoms with E-state index in [9.17, 15) is 23.8 Å². The highest BCUT2D eigenvalue weighted by Gasteiger charge is 2.47. The van der Waals surface area contributed by atoms with Gasteiger partial charge in [0.1, 0.15) is 24.2 Å². The molecule has 0 saturated carbocycles. The Bertz CT molecular complexity index is 1040. The van der Waals surface area contributed by atoms with Crippen molar-refractivity contribution in [3.8, 4) is 0 Å². The number of aliphatic hydroxyl groups excluding tert-OH is 2. The van der Waals surface area contributed by atoms with Gasteiger partial charge in [0.2, 0.25) is 0 Å². The zero-order valence-electron chi connectivity index (χ0n) is 14.1. The molecule has 0 radical (unpaired) electrons. The van der Waals surface area contributed by atoms with Crippen LogP contribution in [0.2, 0.25) is 0 Å². The molecular weight excluding hydrogens is 360 g/mol. The molecule has 0 amide bonds. The third kappa shape index (κ3) is 2.80. The number of nitrogens with zero attached hydrogens (tertiary/aromatic N) is 3. The number of hydrogen-bond acceptors (Lipinski definition) is 6. The lowest BCUT2D eigenvalue weighted by molar-refractivity contribution is -0.0280. The molecule has 1 aromatic carbocycles. The maximum Gasteiger partial charge on any atom is 0.194 e. The molecule has 4 rings (SSSR count). The van der Waals surface area contributed by atoms with E-state index >= 15 is 0 Å². The van der Waals surface area contributed by atoms with Crippen LogP contribution in [0.3, 0.4) is 0 Å². The molecular formula is C18H15F2N3O4. The van der Waals surface area contributed by atoms with Crippen LogP contribution >= 0.6 is 0 Å². The number of carbonyl (C=O) groups excluding carboxylic acids is 1. The molecule has 4 atom stereocenters. The van der Waals surface area contributed by atoms with E-state index in [1.807, 2.05) is 0 Å². The Morgan fingerprint density at radius 3 is 2.67 bits per heavy atom. The van der Waals surface area contributed by atoms with Crippen molar-refractivity contribution in [1.82, 2.24) is 14.5 Å². The number of hydrogen-bond donors (Lipinski definition) is 2. The Kier molecular flexibility index (Phi) is 4.22. The van der Waals surface area contributed by atoms with Gasteiger partial charge < -0.3 is 19.5 Å². The predicted molar refractivity (Wildman–Crippen MR) is 88.9 cm³/mol. The molecule has 3 aromatic rings. The molecule has 0 bridgehead atoms. The van der Waals surface area contributed by atoms with E-state index in [-0.39, 0.29) is 5.56 Å². The first-order valence-electron chi connectivity index (χ1n) is 8.17. The second kappa shape index (κ2) is 6.45. The van der Waals surface area contributed by atoms with E-state index in [1.54, 1.807) is 19.2 Å². The highest BCUT2D eigenvalue weighted by Crippen LogP contribution is 2.33. The molecule has 0 aliphatic carbocycles. The minimum atomic E-state index is -1.55. The predicted octanol–water partition coefficient (Wildman–Crippen LogP) is 1.52. The molecule has 140 valence electrons. The average molecular weight is 375 g/mol. The van der Waals surface area contributed by atoms with Gasteiger partial charge in [-0.3, -0.25) is 4.79 Å². The van der Waals surface area contributed by atoms with Crippen LogP contribution in [-0.2, 0) is 4.74 Å². The fourth-order valence-corrected chi connectivity index (χ4v) is 3.22. The first-order chi connectivity index (χ1) is 12.9. The van der Waals surface area contributed by atoms with E-state index in [0.717, 1.165) is 29.3 Å². The summed E-state index contributed by atoms with van der Waals surface area (Å²) in [7, 11) is 0. The Balaban J connectivity index is 1.67. The first-order valence-corrected chi connectivity index (χ1v) is 8.17. The maximum atomic E-state index is 13.4. The van der Waals surface area contributed by atoms with Crippen molar-refractivity contribution in [3.63, 3.8) is 0 Å². The molecule has 0 spiro atoms. The standard InChI is InChI=1S/C18H15F2N3O4/c1-8-10-4-5-23(17(10)22-7-21-8)18-15(26)14(25)16(27-18)13(24)9-2-3-11(19)12(20)6-9/h2-7,14-16,18,25-26H,1H3/t14-,15+,16+,18+/m0/s1. The molecule has 1 aliphatic rings. The summed E-state index contributed by atoms with van der Waals surface area (Å²) >= 11 is 0. The van der Waals surface area contributed by atoms with E-state index in [4.69, 9.17) is 4.74 Å². The Labute approximate surface area is 151 Å². The molecule has 0 unspecified atom stereocenters. The molecule has 1 fully saturated rings. The molecule has 3 heterocycles. The van der Waals surface area contributed by atoms with E-state index < -0.39 is 42.0 Å².